The highest BCUT2D eigenvalue weighted by molar-refractivity contribution is 6.36. The number of amides is 1. The van der Waals surface area contributed by atoms with Gasteiger partial charge in [0.15, 0.2) is 0 Å². The van der Waals surface area contributed by atoms with Crippen LogP contribution in [-0.4, -0.2) is 58.0 Å². The van der Waals surface area contributed by atoms with Crippen molar-refractivity contribution in [1.82, 2.24) is 19.8 Å². The SMILES string of the molecule is Nc1nc(NCCCn2ccc(-c3ccc(Cl)cc3Cl)c2C(=O)NCCN2CCCC2)ccc1[N+](=O)[O-]. The molecular weight excluding hydrogens is 517 g/mol. The number of carbonyl (C=O) groups is 1. The van der Waals surface area contributed by atoms with E-state index in [1.165, 1.54) is 25.0 Å². The Hall–Kier alpha value is -3.34. The maximum atomic E-state index is 13.3. The zero-order valence-corrected chi connectivity index (χ0v) is 21.8. The summed E-state index contributed by atoms with van der Waals surface area (Å²) in [5.41, 5.74) is 7.44. The molecule has 0 saturated carbocycles. The van der Waals surface area contributed by atoms with Crippen LogP contribution in [0, 0.1) is 10.1 Å². The number of nitrogens with one attached hydrogen (secondary N) is 2. The molecule has 4 rings (SSSR count). The molecule has 0 aliphatic carbocycles. The molecule has 1 aliphatic rings. The van der Waals surface area contributed by atoms with Crippen molar-refractivity contribution in [1.29, 1.82) is 0 Å². The van der Waals surface area contributed by atoms with Gasteiger partial charge in [0.2, 0.25) is 5.82 Å². The van der Waals surface area contributed by atoms with E-state index in [0.717, 1.165) is 30.8 Å². The van der Waals surface area contributed by atoms with Crippen LogP contribution >= 0.6 is 23.2 Å². The van der Waals surface area contributed by atoms with Gasteiger partial charge in [-0.3, -0.25) is 14.9 Å². The first-order valence-electron chi connectivity index (χ1n) is 12.1. The summed E-state index contributed by atoms with van der Waals surface area (Å²) in [6.07, 6.45) is 4.94. The molecule has 1 saturated heterocycles. The molecule has 1 fully saturated rings. The van der Waals surface area contributed by atoms with Crippen molar-refractivity contribution in [3.05, 3.63) is 68.4 Å². The van der Waals surface area contributed by atoms with Crippen LogP contribution in [0.4, 0.5) is 17.3 Å². The van der Waals surface area contributed by atoms with E-state index in [1.54, 1.807) is 12.1 Å². The number of hydrogen-bond acceptors (Lipinski definition) is 7. The fourth-order valence-electron chi connectivity index (χ4n) is 4.44. The number of halogens is 2. The summed E-state index contributed by atoms with van der Waals surface area (Å²) >= 11 is 12.6. The highest BCUT2D eigenvalue weighted by atomic mass is 35.5. The lowest BCUT2D eigenvalue weighted by atomic mass is 10.1. The van der Waals surface area contributed by atoms with Gasteiger partial charge in [0.1, 0.15) is 11.5 Å². The van der Waals surface area contributed by atoms with Gasteiger partial charge in [-0.1, -0.05) is 29.3 Å². The van der Waals surface area contributed by atoms with Gasteiger partial charge >= 0.3 is 5.69 Å². The van der Waals surface area contributed by atoms with Crippen LogP contribution in [0.2, 0.25) is 10.0 Å². The van der Waals surface area contributed by atoms with E-state index in [1.807, 2.05) is 22.9 Å². The minimum absolute atomic E-state index is 0.141. The summed E-state index contributed by atoms with van der Waals surface area (Å²) in [5.74, 6) is 0.143. The molecule has 0 bridgehead atoms. The van der Waals surface area contributed by atoms with Gasteiger partial charge in [0.25, 0.3) is 5.91 Å². The Balaban J connectivity index is 1.45. The number of anilines is 2. The van der Waals surface area contributed by atoms with Gasteiger partial charge in [0.05, 0.1) is 4.92 Å². The number of hydrogen-bond donors (Lipinski definition) is 3. The topological polar surface area (TPSA) is 131 Å². The monoisotopic (exact) mass is 545 g/mol. The first-order chi connectivity index (χ1) is 17.8. The van der Waals surface area contributed by atoms with Gasteiger partial charge in [-0.15, -0.1) is 0 Å². The number of nitrogens with two attached hydrogens (primary N) is 1. The van der Waals surface area contributed by atoms with E-state index >= 15 is 0 Å². The highest BCUT2D eigenvalue weighted by Crippen LogP contribution is 2.33. The second-order valence-electron chi connectivity index (χ2n) is 8.84. The molecule has 0 unspecified atom stereocenters. The molecule has 3 heterocycles. The summed E-state index contributed by atoms with van der Waals surface area (Å²) in [6.45, 7) is 4.59. The summed E-state index contributed by atoms with van der Waals surface area (Å²) in [6, 6.07) is 9.96. The van der Waals surface area contributed by atoms with Crippen LogP contribution in [0.1, 0.15) is 29.8 Å². The van der Waals surface area contributed by atoms with E-state index in [2.05, 4.69) is 20.5 Å². The number of rotatable bonds is 11. The van der Waals surface area contributed by atoms with Crippen molar-refractivity contribution in [3.63, 3.8) is 0 Å². The van der Waals surface area contributed by atoms with Crippen LogP contribution in [0.5, 0.6) is 0 Å². The number of nitrogens with zero attached hydrogens (tertiary/aromatic N) is 4. The maximum Gasteiger partial charge on any atom is 0.311 e. The van der Waals surface area contributed by atoms with E-state index in [4.69, 9.17) is 28.9 Å². The molecule has 0 radical (unpaired) electrons. The Morgan fingerprint density at radius 1 is 1.08 bits per heavy atom. The third-order valence-electron chi connectivity index (χ3n) is 6.29. The largest absolute Gasteiger partial charge is 0.378 e. The number of pyridine rings is 1. The molecule has 2 aromatic heterocycles. The first-order valence-corrected chi connectivity index (χ1v) is 12.9. The molecule has 1 aromatic carbocycles. The zero-order valence-electron chi connectivity index (χ0n) is 20.3. The average Bonchev–Trinajstić information content (AvgIpc) is 3.52. The number of aryl methyl sites for hydroxylation is 1. The van der Waals surface area contributed by atoms with E-state index in [0.29, 0.717) is 47.6 Å². The third kappa shape index (κ3) is 6.71. The van der Waals surface area contributed by atoms with Crippen molar-refractivity contribution in [2.45, 2.75) is 25.8 Å². The number of likely N-dealkylation sites (tertiary alicyclic amines) is 1. The first kappa shape index (κ1) is 26.7. The lowest BCUT2D eigenvalue weighted by Gasteiger charge is -2.16. The number of carbonyl (C=O) groups excluding carboxylic acids is 1. The van der Waals surface area contributed by atoms with Crippen LogP contribution in [0.3, 0.4) is 0 Å². The molecule has 0 atom stereocenters. The van der Waals surface area contributed by atoms with Crippen LogP contribution < -0.4 is 16.4 Å². The predicted octanol–water partition coefficient (Wildman–Crippen LogP) is 4.68. The second-order valence-corrected chi connectivity index (χ2v) is 9.68. The van der Waals surface area contributed by atoms with Crippen molar-refractivity contribution in [3.8, 4) is 11.1 Å². The normalized spacial score (nSPS) is 13.6. The van der Waals surface area contributed by atoms with Crippen LogP contribution in [-0.2, 0) is 6.54 Å². The molecule has 196 valence electrons. The zero-order chi connectivity index (χ0) is 26.4. The highest BCUT2D eigenvalue weighted by Gasteiger charge is 2.21. The molecule has 3 aromatic rings. The summed E-state index contributed by atoms with van der Waals surface area (Å²) < 4.78 is 1.91. The number of nitrogen functional groups attached to an aromatic ring is 1. The fourth-order valence-corrected chi connectivity index (χ4v) is 4.95. The molecule has 37 heavy (non-hydrogen) atoms. The number of aromatic nitrogens is 2. The Kier molecular flexibility index (Phi) is 8.86. The lowest BCUT2D eigenvalue weighted by molar-refractivity contribution is -0.384. The van der Waals surface area contributed by atoms with Crippen molar-refractivity contribution in [2.75, 3.05) is 43.8 Å². The van der Waals surface area contributed by atoms with E-state index in [9.17, 15) is 14.9 Å². The molecule has 10 nitrogen and oxygen atoms in total. The second kappa shape index (κ2) is 12.3. The van der Waals surface area contributed by atoms with Crippen LogP contribution in [0.15, 0.2) is 42.6 Å². The average molecular weight is 546 g/mol. The maximum absolute atomic E-state index is 13.3. The summed E-state index contributed by atoms with van der Waals surface area (Å²) in [5, 5.41) is 18.1. The van der Waals surface area contributed by atoms with Gasteiger partial charge < -0.3 is 25.8 Å². The molecular formula is C25H29Cl2N7O3. The minimum Gasteiger partial charge on any atom is -0.378 e. The standard InChI is InChI=1S/C25H29Cl2N7O3/c26-17-4-5-18(20(27)16-17)19-8-14-33(23(19)25(35)30-10-15-32-11-1-2-12-32)13-3-9-29-22-7-6-21(34(36)37)24(28)31-22/h4-8,14,16H,1-3,9-13,15H2,(H,30,35)(H3,28,29,31). The Morgan fingerprint density at radius 3 is 2.57 bits per heavy atom. The fraction of sp³-hybridized carbons (Fsp3) is 0.360. The summed E-state index contributed by atoms with van der Waals surface area (Å²) in [7, 11) is 0. The molecule has 0 spiro atoms. The quantitative estimate of drug-likeness (QED) is 0.181. The van der Waals surface area contributed by atoms with Crippen LogP contribution in [0.25, 0.3) is 11.1 Å². The van der Waals surface area contributed by atoms with Gasteiger partial charge in [-0.05, 0) is 56.6 Å². The number of nitro groups is 1. The molecule has 12 heteroatoms. The minimum atomic E-state index is -0.569. The van der Waals surface area contributed by atoms with Gasteiger partial charge in [-0.2, -0.15) is 0 Å². The molecule has 4 N–H and O–H groups in total. The Morgan fingerprint density at radius 2 is 1.86 bits per heavy atom. The lowest BCUT2D eigenvalue weighted by Crippen LogP contribution is -2.34. The van der Waals surface area contributed by atoms with E-state index < -0.39 is 4.92 Å². The van der Waals surface area contributed by atoms with Gasteiger partial charge in [-0.25, -0.2) is 4.98 Å². The van der Waals surface area contributed by atoms with Crippen molar-refractivity contribution >= 4 is 46.4 Å². The smallest absolute Gasteiger partial charge is 0.311 e. The summed E-state index contributed by atoms with van der Waals surface area (Å²) in [4.78, 5) is 30.1. The molecule has 1 aliphatic heterocycles. The Labute approximate surface area is 224 Å². The molecule has 1 amide bonds. The van der Waals surface area contributed by atoms with Crippen molar-refractivity contribution < 1.29 is 9.72 Å². The van der Waals surface area contributed by atoms with E-state index in [-0.39, 0.29) is 17.4 Å². The van der Waals surface area contributed by atoms with Gasteiger partial charge in [0, 0.05) is 59.6 Å². The van der Waals surface area contributed by atoms with Crippen molar-refractivity contribution in [2.24, 2.45) is 0 Å². The predicted molar refractivity (Wildman–Crippen MR) is 146 cm³/mol. The third-order valence-corrected chi connectivity index (χ3v) is 6.84. The Bertz CT molecular complexity index is 1280. The number of benzene rings is 1.